The van der Waals surface area contributed by atoms with E-state index in [1.54, 1.807) is 13.8 Å². The molecule has 1 heterocycles. The third-order valence-electron chi connectivity index (χ3n) is 10.7. The van der Waals surface area contributed by atoms with Gasteiger partial charge in [0, 0.05) is 5.69 Å². The first-order valence-corrected chi connectivity index (χ1v) is 14.4. The summed E-state index contributed by atoms with van der Waals surface area (Å²) in [5.74, 6) is 0.404. The highest BCUT2D eigenvalue weighted by Gasteiger charge is 2.57. The monoisotopic (exact) mass is 523 g/mol. The number of carbonyl (C=O) groups excluding carboxylic acids is 1. The molecule has 0 aromatic heterocycles. The van der Waals surface area contributed by atoms with E-state index in [1.807, 2.05) is 43.0 Å². The number of benzene rings is 1. The molecule has 0 bridgehead atoms. The number of fused-ring (bicyclic) bond motifs is 2. The number of amides is 1. The fourth-order valence-corrected chi connectivity index (χ4v) is 7.93. The zero-order valence-electron chi connectivity index (χ0n) is 24.3. The van der Waals surface area contributed by atoms with Gasteiger partial charge in [0.1, 0.15) is 0 Å². The maximum Gasteiger partial charge on any atom is 0.235 e. The molecule has 0 spiro atoms. The summed E-state index contributed by atoms with van der Waals surface area (Å²) >= 11 is 0. The number of aliphatic hydroxyl groups excluding tert-OH is 2. The fourth-order valence-electron chi connectivity index (χ4n) is 7.93. The summed E-state index contributed by atoms with van der Waals surface area (Å²) < 4.78 is 0. The minimum absolute atomic E-state index is 0.140. The Kier molecular flexibility index (Phi) is 7.57. The summed E-state index contributed by atoms with van der Waals surface area (Å²) in [5, 5.41) is 32.0. The average Bonchev–Trinajstić information content (AvgIpc) is 3.14. The van der Waals surface area contributed by atoms with Gasteiger partial charge in [-0.1, -0.05) is 50.3 Å². The van der Waals surface area contributed by atoms with Crippen LogP contribution >= 0.6 is 0 Å². The second-order valence-corrected chi connectivity index (χ2v) is 13.9. The van der Waals surface area contributed by atoms with Crippen LogP contribution in [0.4, 0.5) is 5.69 Å². The largest absolute Gasteiger partial charge is 0.393 e. The Morgan fingerprint density at radius 2 is 1.82 bits per heavy atom. The molecular weight excluding hydrogens is 474 g/mol. The Labute approximate surface area is 229 Å². The molecular formula is C33H49NO4. The molecule has 5 heteroatoms. The number of aliphatic hydroxyl groups is 3. The lowest BCUT2D eigenvalue weighted by molar-refractivity contribution is -0.126. The van der Waals surface area contributed by atoms with Crippen molar-refractivity contribution in [3.05, 3.63) is 54.6 Å². The third-order valence-corrected chi connectivity index (χ3v) is 10.7. The zero-order valence-corrected chi connectivity index (χ0v) is 24.3. The summed E-state index contributed by atoms with van der Waals surface area (Å²) in [5.41, 5.74) is 1.14. The van der Waals surface area contributed by atoms with Gasteiger partial charge in [-0.15, -0.1) is 6.58 Å². The van der Waals surface area contributed by atoms with Crippen LogP contribution in [-0.4, -0.2) is 44.6 Å². The lowest BCUT2D eigenvalue weighted by Gasteiger charge is -2.59. The van der Waals surface area contributed by atoms with Crippen molar-refractivity contribution in [2.75, 3.05) is 4.90 Å². The predicted octanol–water partition coefficient (Wildman–Crippen LogP) is 6.13. The van der Waals surface area contributed by atoms with E-state index in [-0.39, 0.29) is 34.5 Å². The van der Waals surface area contributed by atoms with Gasteiger partial charge in [-0.25, -0.2) is 0 Å². The standard InChI is InChI=1S/C33H49NO4/c1-9-30(3,4)34-25-13-11-10-12-23(25)24(29(34)37)20-22-14-15-26-32(7,21(22)2)18-17-28(36)33(26,8)19-16-27(35)31(5,6)38/h9-13,22,24,26-28,35-36,38H,1-2,14-20H2,3-8H3/t22-,24+,26+,27-,28-,32+,33-/m0/s1. The molecule has 0 unspecified atom stereocenters. The van der Waals surface area contributed by atoms with Gasteiger partial charge in [0.15, 0.2) is 0 Å². The quantitative estimate of drug-likeness (QED) is 0.358. The summed E-state index contributed by atoms with van der Waals surface area (Å²) in [6.07, 6.45) is 5.87. The van der Waals surface area contributed by atoms with Gasteiger partial charge in [-0.3, -0.25) is 4.79 Å². The Morgan fingerprint density at radius 3 is 2.45 bits per heavy atom. The van der Waals surface area contributed by atoms with Crippen molar-refractivity contribution in [3.8, 4) is 0 Å². The van der Waals surface area contributed by atoms with Gasteiger partial charge < -0.3 is 20.2 Å². The van der Waals surface area contributed by atoms with Crippen molar-refractivity contribution in [2.45, 2.75) is 116 Å². The van der Waals surface area contributed by atoms with Crippen molar-refractivity contribution >= 4 is 11.6 Å². The topological polar surface area (TPSA) is 81.0 Å². The van der Waals surface area contributed by atoms with E-state index in [2.05, 4.69) is 33.1 Å². The van der Waals surface area contributed by atoms with E-state index in [0.717, 1.165) is 36.9 Å². The normalized spacial score (nSPS) is 34.6. The van der Waals surface area contributed by atoms with Crippen LogP contribution in [0, 0.1) is 22.7 Å². The van der Waals surface area contributed by atoms with Crippen molar-refractivity contribution in [2.24, 2.45) is 22.7 Å². The van der Waals surface area contributed by atoms with Gasteiger partial charge in [-0.2, -0.15) is 0 Å². The van der Waals surface area contributed by atoms with Crippen LogP contribution in [0.1, 0.15) is 98.0 Å². The summed E-state index contributed by atoms with van der Waals surface area (Å²) in [4.78, 5) is 15.8. The lowest BCUT2D eigenvalue weighted by Crippen LogP contribution is -2.55. The number of nitrogens with zero attached hydrogens (tertiary/aromatic N) is 1. The molecule has 3 aliphatic rings. The van der Waals surface area contributed by atoms with Crippen LogP contribution in [0.25, 0.3) is 0 Å². The molecule has 1 amide bonds. The van der Waals surface area contributed by atoms with E-state index >= 15 is 0 Å². The van der Waals surface area contributed by atoms with Gasteiger partial charge in [0.25, 0.3) is 0 Å². The van der Waals surface area contributed by atoms with Crippen molar-refractivity contribution in [1.29, 1.82) is 0 Å². The Bertz CT molecular complexity index is 1090. The van der Waals surface area contributed by atoms with Crippen LogP contribution in [0.15, 0.2) is 49.1 Å². The first kappa shape index (κ1) is 29.0. The van der Waals surface area contributed by atoms with Crippen LogP contribution in [-0.2, 0) is 4.79 Å². The summed E-state index contributed by atoms with van der Waals surface area (Å²) in [7, 11) is 0. The average molecular weight is 524 g/mol. The molecule has 2 aliphatic carbocycles. The number of carbonyl (C=O) groups is 1. The van der Waals surface area contributed by atoms with Crippen LogP contribution in [0.5, 0.6) is 0 Å². The second-order valence-electron chi connectivity index (χ2n) is 13.9. The Balaban J connectivity index is 1.57. The Hall–Kier alpha value is -1.95. The summed E-state index contributed by atoms with van der Waals surface area (Å²) in [6.45, 7) is 20.5. The number of anilines is 1. The molecule has 1 aliphatic heterocycles. The highest BCUT2D eigenvalue weighted by Crippen LogP contribution is 2.63. The minimum Gasteiger partial charge on any atom is -0.393 e. The van der Waals surface area contributed by atoms with Crippen LogP contribution < -0.4 is 4.90 Å². The third kappa shape index (κ3) is 4.69. The van der Waals surface area contributed by atoms with E-state index < -0.39 is 23.3 Å². The van der Waals surface area contributed by atoms with Crippen molar-refractivity contribution in [3.63, 3.8) is 0 Å². The molecule has 2 saturated carbocycles. The number of hydrogen-bond donors (Lipinski definition) is 3. The highest BCUT2D eigenvalue weighted by molar-refractivity contribution is 6.06. The summed E-state index contributed by atoms with van der Waals surface area (Å²) in [6, 6.07) is 8.15. The van der Waals surface area contributed by atoms with Crippen molar-refractivity contribution in [1.82, 2.24) is 0 Å². The molecule has 0 saturated heterocycles. The molecule has 1 aromatic carbocycles. The van der Waals surface area contributed by atoms with Crippen LogP contribution in [0.2, 0.25) is 0 Å². The van der Waals surface area contributed by atoms with Crippen molar-refractivity contribution < 1.29 is 20.1 Å². The smallest absolute Gasteiger partial charge is 0.235 e. The molecule has 0 radical (unpaired) electrons. The van der Waals surface area contributed by atoms with E-state index in [1.165, 1.54) is 5.57 Å². The number of hydrogen-bond acceptors (Lipinski definition) is 4. The maximum atomic E-state index is 13.9. The van der Waals surface area contributed by atoms with Gasteiger partial charge >= 0.3 is 0 Å². The number of para-hydroxylation sites is 1. The highest BCUT2D eigenvalue weighted by atomic mass is 16.3. The Morgan fingerprint density at radius 1 is 1.16 bits per heavy atom. The molecule has 210 valence electrons. The van der Waals surface area contributed by atoms with E-state index in [4.69, 9.17) is 0 Å². The minimum atomic E-state index is -1.17. The number of rotatable bonds is 8. The van der Waals surface area contributed by atoms with E-state index in [9.17, 15) is 20.1 Å². The second kappa shape index (κ2) is 9.91. The lowest BCUT2D eigenvalue weighted by atomic mass is 9.46. The molecule has 1 aromatic rings. The zero-order chi connectivity index (χ0) is 28.3. The number of allylic oxidation sites excluding steroid dienone is 1. The van der Waals surface area contributed by atoms with E-state index in [0.29, 0.717) is 19.3 Å². The fraction of sp³-hybridized carbons (Fsp3) is 0.667. The molecule has 2 fully saturated rings. The first-order valence-electron chi connectivity index (χ1n) is 14.4. The van der Waals surface area contributed by atoms with Gasteiger partial charge in [-0.05, 0) is 107 Å². The van der Waals surface area contributed by atoms with Gasteiger partial charge in [0.05, 0.1) is 29.3 Å². The van der Waals surface area contributed by atoms with Crippen LogP contribution in [0.3, 0.4) is 0 Å². The molecule has 7 atom stereocenters. The molecule has 3 N–H and O–H groups in total. The SMILES string of the molecule is C=CC(C)(C)N1C(=O)[C@H](C[C@@H]2CC[C@H]3[C@](C)(CC[C@H](O)C(C)(C)O)[C@@H](O)CC[C@]3(C)C2=C)c2ccccc21. The molecule has 4 rings (SSSR count). The predicted molar refractivity (Wildman–Crippen MR) is 154 cm³/mol. The maximum absolute atomic E-state index is 13.9. The first-order chi connectivity index (χ1) is 17.6. The molecule has 5 nitrogen and oxygen atoms in total. The molecule has 38 heavy (non-hydrogen) atoms. The van der Waals surface area contributed by atoms with Gasteiger partial charge in [0.2, 0.25) is 5.91 Å².